The van der Waals surface area contributed by atoms with Gasteiger partial charge in [0.25, 0.3) is 5.69 Å². The van der Waals surface area contributed by atoms with Crippen molar-refractivity contribution in [3.63, 3.8) is 0 Å². The molecular weight excluding hydrogens is 256 g/mol. The third-order valence-corrected chi connectivity index (χ3v) is 3.55. The summed E-state index contributed by atoms with van der Waals surface area (Å²) in [6, 6.07) is 12.7. The minimum atomic E-state index is -0.380. The van der Waals surface area contributed by atoms with E-state index in [1.165, 1.54) is 6.07 Å². The minimum Gasteiger partial charge on any atom is -0.464 e. The van der Waals surface area contributed by atoms with Crippen LogP contribution in [0.3, 0.4) is 0 Å². The summed E-state index contributed by atoms with van der Waals surface area (Å²) in [5.74, 6) is 0.827. The summed E-state index contributed by atoms with van der Waals surface area (Å²) in [5, 5.41) is 10.9. The van der Waals surface area contributed by atoms with Crippen LogP contribution in [0.1, 0.15) is 5.56 Å². The van der Waals surface area contributed by atoms with Crippen molar-refractivity contribution < 1.29 is 9.66 Å². The molecule has 0 fully saturated rings. The zero-order valence-corrected chi connectivity index (χ0v) is 10.4. The van der Waals surface area contributed by atoms with E-state index in [9.17, 15) is 10.1 Å². The normalized spacial score (nSPS) is 18.0. The van der Waals surface area contributed by atoms with E-state index >= 15 is 0 Å². The Morgan fingerprint density at radius 2 is 2.00 bits per heavy atom. The summed E-state index contributed by atoms with van der Waals surface area (Å²) >= 11 is 0. The van der Waals surface area contributed by atoms with E-state index in [-0.39, 0.29) is 16.8 Å². The molecule has 98 valence electrons. The van der Waals surface area contributed by atoms with Gasteiger partial charge < -0.3 is 4.74 Å². The molecule has 2 aromatic rings. The molecule has 20 heavy (non-hydrogen) atoms. The van der Waals surface area contributed by atoms with Crippen LogP contribution in [0.15, 0.2) is 48.5 Å². The lowest BCUT2D eigenvalue weighted by Gasteiger charge is -2.27. The molecule has 2 aliphatic heterocycles. The number of ether oxygens (including phenoxy) is 1. The van der Waals surface area contributed by atoms with Crippen molar-refractivity contribution in [2.45, 2.75) is 6.23 Å². The average Bonchev–Trinajstić information content (AvgIpc) is 2.85. The van der Waals surface area contributed by atoms with Crippen LogP contribution in [0.25, 0.3) is 6.08 Å². The Morgan fingerprint density at radius 3 is 2.85 bits per heavy atom. The molecule has 0 saturated carbocycles. The van der Waals surface area contributed by atoms with Crippen LogP contribution >= 0.6 is 0 Å². The van der Waals surface area contributed by atoms with Gasteiger partial charge in [-0.25, -0.2) is 0 Å². The molecule has 0 amide bonds. The van der Waals surface area contributed by atoms with Gasteiger partial charge in [0, 0.05) is 17.7 Å². The first-order valence-electron chi connectivity index (χ1n) is 6.25. The van der Waals surface area contributed by atoms with Crippen molar-refractivity contribution in [2.75, 3.05) is 4.90 Å². The molecule has 0 radical (unpaired) electrons. The number of benzene rings is 2. The predicted octanol–water partition coefficient (Wildman–Crippen LogP) is 3.48. The van der Waals surface area contributed by atoms with Gasteiger partial charge in [-0.05, 0) is 24.3 Å². The summed E-state index contributed by atoms with van der Waals surface area (Å²) < 4.78 is 5.85. The van der Waals surface area contributed by atoms with E-state index in [0.717, 1.165) is 22.7 Å². The molecule has 0 aromatic heterocycles. The van der Waals surface area contributed by atoms with Gasteiger partial charge in [-0.1, -0.05) is 18.2 Å². The number of rotatable bonds is 1. The third kappa shape index (κ3) is 1.43. The first-order chi connectivity index (χ1) is 9.74. The van der Waals surface area contributed by atoms with Crippen molar-refractivity contribution in [1.82, 2.24) is 0 Å². The van der Waals surface area contributed by atoms with Crippen molar-refractivity contribution in [3.8, 4) is 5.75 Å². The molecule has 2 aromatic carbocycles. The monoisotopic (exact) mass is 266 g/mol. The highest BCUT2D eigenvalue weighted by Gasteiger charge is 2.33. The smallest absolute Gasteiger partial charge is 0.270 e. The second-order valence-corrected chi connectivity index (χ2v) is 4.71. The molecule has 0 bridgehead atoms. The largest absolute Gasteiger partial charge is 0.464 e. The van der Waals surface area contributed by atoms with Crippen molar-refractivity contribution in [2.24, 2.45) is 0 Å². The molecule has 0 saturated heterocycles. The summed E-state index contributed by atoms with van der Waals surface area (Å²) in [6.07, 6.45) is 3.60. The van der Waals surface area contributed by atoms with Crippen LogP contribution in [0.5, 0.6) is 5.75 Å². The van der Waals surface area contributed by atoms with Gasteiger partial charge in [-0.2, -0.15) is 0 Å². The average molecular weight is 266 g/mol. The lowest BCUT2D eigenvalue weighted by Crippen LogP contribution is -2.30. The highest BCUT2D eigenvalue weighted by molar-refractivity contribution is 5.83. The lowest BCUT2D eigenvalue weighted by molar-refractivity contribution is -0.384. The molecule has 0 N–H and O–H groups in total. The van der Waals surface area contributed by atoms with E-state index in [1.807, 2.05) is 41.3 Å². The van der Waals surface area contributed by atoms with E-state index in [1.54, 1.807) is 12.1 Å². The minimum absolute atomic E-state index is 0.0975. The molecule has 1 atom stereocenters. The van der Waals surface area contributed by atoms with Crippen molar-refractivity contribution >= 4 is 23.1 Å². The number of hydrogen-bond acceptors (Lipinski definition) is 4. The van der Waals surface area contributed by atoms with Crippen LogP contribution in [-0.2, 0) is 0 Å². The van der Waals surface area contributed by atoms with Crippen molar-refractivity contribution in [3.05, 3.63) is 64.2 Å². The summed E-state index contributed by atoms with van der Waals surface area (Å²) in [5.41, 5.74) is 2.83. The number of para-hydroxylation sites is 2. The second kappa shape index (κ2) is 3.84. The number of hydrogen-bond donors (Lipinski definition) is 0. The van der Waals surface area contributed by atoms with Crippen molar-refractivity contribution in [1.29, 1.82) is 0 Å². The molecule has 1 unspecified atom stereocenters. The number of fused-ring (bicyclic) bond motifs is 5. The molecule has 4 rings (SSSR count). The van der Waals surface area contributed by atoms with Gasteiger partial charge in [0.05, 0.1) is 16.3 Å². The summed E-state index contributed by atoms with van der Waals surface area (Å²) in [7, 11) is 0. The Morgan fingerprint density at radius 1 is 1.15 bits per heavy atom. The van der Waals surface area contributed by atoms with Gasteiger partial charge in [0.1, 0.15) is 5.75 Å². The number of nitrogens with zero attached hydrogens (tertiary/aromatic N) is 2. The van der Waals surface area contributed by atoms with Crippen LogP contribution < -0.4 is 9.64 Å². The Kier molecular flexibility index (Phi) is 2.12. The highest BCUT2D eigenvalue weighted by atomic mass is 16.6. The van der Waals surface area contributed by atoms with E-state index in [2.05, 4.69) is 0 Å². The maximum absolute atomic E-state index is 10.9. The van der Waals surface area contributed by atoms with Crippen LogP contribution in [0.4, 0.5) is 17.1 Å². The maximum Gasteiger partial charge on any atom is 0.270 e. The quantitative estimate of drug-likeness (QED) is 0.585. The fourth-order valence-electron chi connectivity index (χ4n) is 2.66. The van der Waals surface area contributed by atoms with E-state index in [0.29, 0.717) is 0 Å². The molecule has 5 heteroatoms. The van der Waals surface area contributed by atoms with E-state index in [4.69, 9.17) is 4.74 Å². The number of non-ortho nitro benzene ring substituents is 1. The second-order valence-electron chi connectivity index (χ2n) is 4.71. The fourth-order valence-corrected chi connectivity index (χ4v) is 2.66. The SMILES string of the molecule is O=[N+]([O-])c1ccc2c(c1)C=CC1Oc3ccccc3N21. The lowest BCUT2D eigenvalue weighted by atomic mass is 10.1. The van der Waals surface area contributed by atoms with Gasteiger partial charge >= 0.3 is 0 Å². The first-order valence-corrected chi connectivity index (χ1v) is 6.25. The molecule has 2 aliphatic rings. The predicted molar refractivity (Wildman–Crippen MR) is 75.1 cm³/mol. The molecule has 5 nitrogen and oxygen atoms in total. The Balaban J connectivity index is 1.88. The first kappa shape index (κ1) is 11.0. The van der Waals surface area contributed by atoms with Gasteiger partial charge in [-0.15, -0.1) is 0 Å². The number of nitro groups is 1. The van der Waals surface area contributed by atoms with Gasteiger partial charge in [0.2, 0.25) is 0 Å². The Labute approximate surface area is 114 Å². The number of anilines is 2. The molecular formula is C15H10N2O3. The van der Waals surface area contributed by atoms with E-state index < -0.39 is 0 Å². The molecule has 0 aliphatic carbocycles. The molecule has 2 heterocycles. The maximum atomic E-state index is 10.9. The fraction of sp³-hybridized carbons (Fsp3) is 0.0667. The Bertz CT molecular complexity index is 755. The summed E-state index contributed by atoms with van der Waals surface area (Å²) in [4.78, 5) is 12.5. The topological polar surface area (TPSA) is 55.6 Å². The van der Waals surface area contributed by atoms with Gasteiger partial charge in [0.15, 0.2) is 6.23 Å². The Hall–Kier alpha value is -2.82. The van der Waals surface area contributed by atoms with Gasteiger partial charge in [-0.3, -0.25) is 15.0 Å². The third-order valence-electron chi connectivity index (χ3n) is 3.55. The number of nitro benzene ring substituents is 1. The zero-order valence-electron chi connectivity index (χ0n) is 10.4. The summed E-state index contributed by atoms with van der Waals surface area (Å²) in [6.45, 7) is 0. The highest BCUT2D eigenvalue weighted by Crippen LogP contribution is 2.46. The molecule has 0 spiro atoms. The zero-order chi connectivity index (χ0) is 13.7. The standard InChI is InChI=1S/C15H10N2O3/c18-17(19)11-6-7-12-10(9-11)5-8-15-16(12)13-3-1-2-4-14(13)20-15/h1-9,15H. The van der Waals surface area contributed by atoms with Crippen LogP contribution in [0, 0.1) is 10.1 Å². The van der Waals surface area contributed by atoms with Crippen LogP contribution in [0.2, 0.25) is 0 Å². The van der Waals surface area contributed by atoms with Crippen LogP contribution in [-0.4, -0.2) is 11.2 Å².